The highest BCUT2D eigenvalue weighted by atomic mass is 19.4. The third kappa shape index (κ3) is 4.97. The number of hydrogen-bond donors (Lipinski definition) is 2. The number of benzene rings is 1. The van der Waals surface area contributed by atoms with Crippen LogP contribution in [-0.4, -0.2) is 40.9 Å². The van der Waals surface area contributed by atoms with Gasteiger partial charge in [0, 0.05) is 12.2 Å². The fraction of sp³-hybridized carbons (Fsp3) is 0.385. The number of aliphatic carboxylic acids is 2. The van der Waals surface area contributed by atoms with Gasteiger partial charge in [-0.05, 0) is 25.0 Å². The minimum Gasteiger partial charge on any atom is -0.480 e. The first kappa shape index (κ1) is 16.8. The normalized spacial score (nSPS) is 17.9. The van der Waals surface area contributed by atoms with Crippen molar-refractivity contribution in [2.45, 2.75) is 25.1 Å². The van der Waals surface area contributed by atoms with Gasteiger partial charge in [0.2, 0.25) is 0 Å². The smallest absolute Gasteiger partial charge is 0.480 e. The second kappa shape index (κ2) is 6.96. The van der Waals surface area contributed by atoms with Gasteiger partial charge in [0.25, 0.3) is 0 Å². The average molecular weight is 305 g/mol. The Morgan fingerprint density at radius 2 is 1.67 bits per heavy atom. The minimum absolute atomic E-state index is 0.336. The summed E-state index contributed by atoms with van der Waals surface area (Å²) in [4.78, 5) is 21.8. The van der Waals surface area contributed by atoms with Crippen molar-refractivity contribution < 1.29 is 33.0 Å². The third-order valence-corrected chi connectivity index (χ3v) is 2.87. The van der Waals surface area contributed by atoms with Gasteiger partial charge in [-0.15, -0.1) is 0 Å². The molecule has 1 aromatic carbocycles. The molecule has 116 valence electrons. The van der Waals surface area contributed by atoms with Crippen LogP contribution in [0.4, 0.5) is 18.9 Å². The Labute approximate surface area is 118 Å². The molecule has 0 amide bonds. The number of carboxylic acid groups (broad SMARTS) is 2. The van der Waals surface area contributed by atoms with Crippen molar-refractivity contribution in [1.29, 1.82) is 0 Å². The fourth-order valence-electron chi connectivity index (χ4n) is 1.95. The summed E-state index contributed by atoms with van der Waals surface area (Å²) in [6.45, 7) is 0.848. The Hall–Kier alpha value is -2.25. The van der Waals surface area contributed by atoms with E-state index in [0.717, 1.165) is 25.1 Å². The fourth-order valence-corrected chi connectivity index (χ4v) is 1.95. The van der Waals surface area contributed by atoms with E-state index in [0.29, 0.717) is 0 Å². The summed E-state index contributed by atoms with van der Waals surface area (Å²) in [6.07, 6.45) is -3.36. The molecule has 2 N–H and O–H groups in total. The highest BCUT2D eigenvalue weighted by Gasteiger charge is 2.38. The predicted octanol–water partition coefficient (Wildman–Crippen LogP) is 2.37. The van der Waals surface area contributed by atoms with Crippen molar-refractivity contribution in [3.05, 3.63) is 30.3 Å². The van der Waals surface area contributed by atoms with Crippen molar-refractivity contribution in [1.82, 2.24) is 0 Å². The third-order valence-electron chi connectivity index (χ3n) is 2.87. The SMILES string of the molecule is O=C(O)C(F)(F)F.O=C(O)[C@@H]1CCCN1c1ccccc1. The summed E-state index contributed by atoms with van der Waals surface area (Å²) in [7, 11) is 0. The number of rotatable bonds is 2. The zero-order valence-corrected chi connectivity index (χ0v) is 10.9. The molecule has 0 saturated carbocycles. The van der Waals surface area contributed by atoms with E-state index < -0.39 is 18.1 Å². The minimum atomic E-state index is -5.08. The Bertz CT molecular complexity index is 490. The molecule has 0 bridgehead atoms. The van der Waals surface area contributed by atoms with Gasteiger partial charge in [0.15, 0.2) is 0 Å². The van der Waals surface area contributed by atoms with Crippen LogP contribution >= 0.6 is 0 Å². The second-order valence-corrected chi connectivity index (χ2v) is 4.33. The van der Waals surface area contributed by atoms with E-state index in [2.05, 4.69) is 0 Å². The first-order valence-electron chi connectivity index (χ1n) is 6.08. The Balaban J connectivity index is 0.000000270. The summed E-state index contributed by atoms with van der Waals surface area (Å²) in [5.41, 5.74) is 1.01. The second-order valence-electron chi connectivity index (χ2n) is 4.33. The number of carbonyl (C=O) groups is 2. The first-order chi connectivity index (χ1) is 9.73. The lowest BCUT2D eigenvalue weighted by Gasteiger charge is -2.23. The van der Waals surface area contributed by atoms with E-state index in [-0.39, 0.29) is 6.04 Å². The molecule has 1 aromatic rings. The topological polar surface area (TPSA) is 77.8 Å². The van der Waals surface area contributed by atoms with E-state index >= 15 is 0 Å². The molecule has 1 heterocycles. The van der Waals surface area contributed by atoms with Crippen molar-refractivity contribution >= 4 is 17.6 Å². The molecule has 0 spiro atoms. The van der Waals surface area contributed by atoms with Gasteiger partial charge in [-0.2, -0.15) is 13.2 Å². The van der Waals surface area contributed by atoms with Crippen molar-refractivity contribution in [3.8, 4) is 0 Å². The molecule has 5 nitrogen and oxygen atoms in total. The zero-order chi connectivity index (χ0) is 16.0. The van der Waals surface area contributed by atoms with E-state index in [1.807, 2.05) is 35.2 Å². The van der Waals surface area contributed by atoms with Crippen LogP contribution in [0.5, 0.6) is 0 Å². The molecule has 1 fully saturated rings. The Morgan fingerprint density at radius 1 is 1.14 bits per heavy atom. The summed E-state index contributed by atoms with van der Waals surface area (Å²) in [5.74, 6) is -3.47. The van der Waals surface area contributed by atoms with Crippen molar-refractivity contribution in [2.24, 2.45) is 0 Å². The Morgan fingerprint density at radius 3 is 2.10 bits per heavy atom. The molecule has 8 heteroatoms. The summed E-state index contributed by atoms with van der Waals surface area (Å²) in [5, 5.41) is 16.1. The van der Waals surface area contributed by atoms with Gasteiger partial charge in [-0.25, -0.2) is 9.59 Å². The van der Waals surface area contributed by atoms with Crippen LogP contribution in [0.15, 0.2) is 30.3 Å². The zero-order valence-electron chi connectivity index (χ0n) is 10.9. The number of carboxylic acids is 2. The molecule has 21 heavy (non-hydrogen) atoms. The maximum absolute atomic E-state index is 10.9. The first-order valence-corrected chi connectivity index (χ1v) is 6.08. The molecule has 0 unspecified atom stereocenters. The maximum Gasteiger partial charge on any atom is 0.490 e. The van der Waals surface area contributed by atoms with Crippen LogP contribution in [-0.2, 0) is 9.59 Å². The summed E-state index contributed by atoms with van der Waals surface area (Å²) < 4.78 is 31.7. The number of hydrogen-bond acceptors (Lipinski definition) is 3. The lowest BCUT2D eigenvalue weighted by molar-refractivity contribution is -0.192. The van der Waals surface area contributed by atoms with Gasteiger partial charge in [-0.3, -0.25) is 0 Å². The van der Waals surface area contributed by atoms with E-state index in [1.54, 1.807) is 0 Å². The largest absolute Gasteiger partial charge is 0.490 e. The molecule has 1 aliphatic heterocycles. The van der Waals surface area contributed by atoms with Gasteiger partial charge >= 0.3 is 18.1 Å². The van der Waals surface area contributed by atoms with Crippen LogP contribution in [0.25, 0.3) is 0 Å². The molecule has 0 aliphatic carbocycles. The molecular weight excluding hydrogens is 291 g/mol. The molecular formula is C13H14F3NO4. The summed E-state index contributed by atoms with van der Waals surface area (Å²) >= 11 is 0. The lowest BCUT2D eigenvalue weighted by Crippen LogP contribution is -2.35. The van der Waals surface area contributed by atoms with Crippen LogP contribution in [0.1, 0.15) is 12.8 Å². The highest BCUT2D eigenvalue weighted by molar-refractivity contribution is 5.79. The number of halogens is 3. The van der Waals surface area contributed by atoms with Gasteiger partial charge < -0.3 is 15.1 Å². The standard InChI is InChI=1S/C11H13NO2.C2HF3O2/c13-11(14)10-7-4-8-12(10)9-5-2-1-3-6-9;3-2(4,5)1(6)7/h1-3,5-6,10H,4,7-8H2,(H,13,14);(H,6,7)/t10-;/m0./s1. The molecule has 0 aromatic heterocycles. The van der Waals surface area contributed by atoms with Crippen LogP contribution in [0.3, 0.4) is 0 Å². The van der Waals surface area contributed by atoms with E-state index in [1.165, 1.54) is 0 Å². The van der Waals surface area contributed by atoms with Crippen molar-refractivity contribution in [2.75, 3.05) is 11.4 Å². The van der Waals surface area contributed by atoms with Crippen molar-refractivity contribution in [3.63, 3.8) is 0 Å². The lowest BCUT2D eigenvalue weighted by atomic mass is 10.2. The van der Waals surface area contributed by atoms with Gasteiger partial charge in [0.05, 0.1) is 0 Å². The maximum atomic E-state index is 10.9. The highest BCUT2D eigenvalue weighted by Crippen LogP contribution is 2.25. The summed E-state index contributed by atoms with van der Waals surface area (Å²) in [6, 6.07) is 9.40. The molecule has 1 aliphatic rings. The number of anilines is 1. The predicted molar refractivity (Wildman–Crippen MR) is 68.1 cm³/mol. The quantitative estimate of drug-likeness (QED) is 0.877. The Kier molecular flexibility index (Phi) is 5.57. The number of para-hydroxylation sites is 1. The van der Waals surface area contributed by atoms with E-state index in [4.69, 9.17) is 15.0 Å². The molecule has 1 saturated heterocycles. The van der Waals surface area contributed by atoms with Gasteiger partial charge in [0.1, 0.15) is 6.04 Å². The molecule has 0 radical (unpaired) electrons. The monoisotopic (exact) mass is 305 g/mol. The molecule has 2 rings (SSSR count). The van der Waals surface area contributed by atoms with Crippen LogP contribution in [0, 0.1) is 0 Å². The molecule has 1 atom stereocenters. The average Bonchev–Trinajstić information content (AvgIpc) is 2.88. The van der Waals surface area contributed by atoms with E-state index in [9.17, 15) is 18.0 Å². The van der Waals surface area contributed by atoms with Gasteiger partial charge in [-0.1, -0.05) is 18.2 Å². The number of alkyl halides is 3. The van der Waals surface area contributed by atoms with Crippen LogP contribution in [0.2, 0.25) is 0 Å². The van der Waals surface area contributed by atoms with Crippen LogP contribution < -0.4 is 4.90 Å². The number of nitrogens with zero attached hydrogens (tertiary/aromatic N) is 1.